The van der Waals surface area contributed by atoms with Crippen LogP contribution in [0, 0.1) is 12.3 Å². The minimum absolute atomic E-state index is 0.245. The zero-order valence-electron chi connectivity index (χ0n) is 19.1. The molecule has 5 rings (SSSR count). The first kappa shape index (κ1) is 23.7. The lowest BCUT2D eigenvalue weighted by molar-refractivity contribution is 0.322. The maximum absolute atomic E-state index is 10.7. The molecule has 0 spiro atoms. The molecule has 1 fully saturated rings. The predicted molar refractivity (Wildman–Crippen MR) is 143 cm³/mol. The van der Waals surface area contributed by atoms with E-state index >= 15 is 0 Å². The van der Waals surface area contributed by atoms with Gasteiger partial charge in [-0.25, -0.2) is 4.98 Å². The normalized spacial score (nSPS) is 22.2. The van der Waals surface area contributed by atoms with Crippen LogP contribution in [0.15, 0.2) is 53.4 Å². The van der Waals surface area contributed by atoms with E-state index in [1.54, 1.807) is 6.07 Å². The summed E-state index contributed by atoms with van der Waals surface area (Å²) in [5.74, 6) is 1.64. The van der Waals surface area contributed by atoms with Gasteiger partial charge in [-0.1, -0.05) is 29.8 Å². The van der Waals surface area contributed by atoms with Crippen LogP contribution in [0.2, 0.25) is 0 Å². The molecule has 2 aromatic carbocycles. The second kappa shape index (κ2) is 8.56. The Morgan fingerprint density at radius 2 is 1.85 bits per heavy atom. The maximum Gasteiger partial charge on any atom is 0.131 e. The monoisotopic (exact) mass is 504 g/mol. The second-order valence-electron chi connectivity index (χ2n) is 9.60. The molecule has 7 N–H and O–H groups in total. The molecule has 2 aliphatic rings. The third-order valence-corrected chi connectivity index (χ3v) is 10.8. The van der Waals surface area contributed by atoms with Gasteiger partial charge in [-0.3, -0.25) is 18.2 Å². The quantitative estimate of drug-likeness (QED) is 0.292. The molecule has 0 unspecified atom stereocenters. The number of nitrogens with zero attached hydrogens (tertiary/aromatic N) is 2. The summed E-state index contributed by atoms with van der Waals surface area (Å²) < 4.78 is 41.4. The van der Waals surface area contributed by atoms with Crippen molar-refractivity contribution in [2.75, 3.05) is 47.1 Å². The van der Waals surface area contributed by atoms with E-state index in [4.69, 9.17) is 10.7 Å². The van der Waals surface area contributed by atoms with Crippen molar-refractivity contribution < 1.29 is 18.2 Å². The third-order valence-electron chi connectivity index (χ3n) is 6.77. The molecule has 0 atom stereocenters. The van der Waals surface area contributed by atoms with E-state index in [-0.39, 0.29) is 11.2 Å². The van der Waals surface area contributed by atoms with Gasteiger partial charge in [0, 0.05) is 60.2 Å². The highest BCUT2D eigenvalue weighted by Crippen LogP contribution is 2.58. The molecule has 1 saturated heterocycles. The fraction of sp³-hybridized carbons (Fsp3) is 0.375. The van der Waals surface area contributed by atoms with Crippen molar-refractivity contribution in [3.8, 4) is 0 Å². The van der Waals surface area contributed by atoms with E-state index < -0.39 is 21.2 Å². The zero-order chi connectivity index (χ0) is 24.1. The van der Waals surface area contributed by atoms with Crippen LogP contribution in [-0.4, -0.2) is 60.1 Å². The summed E-state index contributed by atoms with van der Waals surface area (Å²) >= 11 is 0. The molecule has 34 heavy (non-hydrogen) atoms. The van der Waals surface area contributed by atoms with Gasteiger partial charge >= 0.3 is 0 Å². The first-order chi connectivity index (χ1) is 16.1. The Balaban J connectivity index is 1.50. The Labute approximate surface area is 202 Å². The van der Waals surface area contributed by atoms with Crippen LogP contribution < -0.4 is 16.0 Å². The Kier molecular flexibility index (Phi) is 5.96. The molecule has 0 saturated carbocycles. The Hall–Kier alpha value is -2.05. The SMILES string of the molecule is Cc1ccc2nc(N3CCS(O)(O)c4ccccc4C3)cc(NCC3(CN)CS(O)(O)C3)c2c1. The summed E-state index contributed by atoms with van der Waals surface area (Å²) in [5, 5.41) is 4.52. The number of pyridine rings is 1. The molecule has 0 aliphatic carbocycles. The van der Waals surface area contributed by atoms with Crippen LogP contribution in [0.25, 0.3) is 10.9 Å². The van der Waals surface area contributed by atoms with Gasteiger partial charge < -0.3 is 16.0 Å². The van der Waals surface area contributed by atoms with Crippen molar-refractivity contribution in [2.24, 2.45) is 11.1 Å². The smallest absolute Gasteiger partial charge is 0.131 e. The van der Waals surface area contributed by atoms with Crippen molar-refractivity contribution in [3.63, 3.8) is 0 Å². The van der Waals surface area contributed by atoms with E-state index in [9.17, 15) is 18.2 Å². The molecule has 1 aromatic heterocycles. The number of anilines is 2. The number of benzene rings is 2. The van der Waals surface area contributed by atoms with Crippen molar-refractivity contribution in [2.45, 2.75) is 18.4 Å². The lowest BCUT2D eigenvalue weighted by Crippen LogP contribution is -2.54. The largest absolute Gasteiger partial charge is 0.384 e. The average molecular weight is 505 g/mol. The molecule has 3 heterocycles. The topological polar surface area (TPSA) is 135 Å². The van der Waals surface area contributed by atoms with Gasteiger partial charge in [-0.05, 0) is 30.7 Å². The van der Waals surface area contributed by atoms with Crippen LogP contribution in [-0.2, 0) is 6.54 Å². The number of fused-ring (bicyclic) bond motifs is 2. The predicted octanol–water partition coefficient (Wildman–Crippen LogP) is 4.79. The summed E-state index contributed by atoms with van der Waals surface area (Å²) in [6.07, 6.45) is 0. The fourth-order valence-corrected chi connectivity index (χ4v) is 8.79. The van der Waals surface area contributed by atoms with Crippen molar-refractivity contribution in [3.05, 3.63) is 59.7 Å². The first-order valence-corrected chi connectivity index (χ1v) is 14.9. The Morgan fingerprint density at radius 1 is 1.09 bits per heavy atom. The van der Waals surface area contributed by atoms with Crippen LogP contribution in [0.5, 0.6) is 0 Å². The molecule has 184 valence electrons. The molecule has 0 amide bonds. The van der Waals surface area contributed by atoms with Gasteiger partial charge in [-0.15, -0.1) is 0 Å². The standard InChI is InChI=1S/C24H32N4O4S2/c1-17-6-7-20-19(10-17)21(26-14-24(13-25)15-33(29,30)16-24)11-23(27-20)28-8-9-34(31,32)22-5-3-2-4-18(22)12-28/h2-7,10-11,29-32H,8-9,12-16,25H2,1H3,(H,26,27). The molecule has 0 bridgehead atoms. The number of hydrogen-bond donors (Lipinski definition) is 6. The highest BCUT2D eigenvalue weighted by atomic mass is 32.3. The van der Waals surface area contributed by atoms with E-state index in [0.717, 1.165) is 33.5 Å². The van der Waals surface area contributed by atoms with E-state index in [0.29, 0.717) is 42.6 Å². The Morgan fingerprint density at radius 3 is 2.59 bits per heavy atom. The lowest BCUT2D eigenvalue weighted by Gasteiger charge is -2.55. The summed E-state index contributed by atoms with van der Waals surface area (Å²) in [4.78, 5) is 7.61. The Bertz CT molecular complexity index is 1230. The maximum atomic E-state index is 10.7. The number of rotatable bonds is 5. The molecular weight excluding hydrogens is 472 g/mol. The fourth-order valence-electron chi connectivity index (χ4n) is 4.93. The van der Waals surface area contributed by atoms with Crippen molar-refractivity contribution >= 4 is 43.6 Å². The van der Waals surface area contributed by atoms with Gasteiger partial charge in [0.1, 0.15) is 5.82 Å². The number of aryl methyl sites for hydroxylation is 1. The highest BCUT2D eigenvalue weighted by molar-refractivity contribution is 8.25. The number of nitrogens with two attached hydrogens (primary N) is 1. The lowest BCUT2D eigenvalue weighted by atomic mass is 9.92. The highest BCUT2D eigenvalue weighted by Gasteiger charge is 2.47. The number of nitrogens with one attached hydrogen (secondary N) is 1. The molecule has 8 nitrogen and oxygen atoms in total. The number of aromatic nitrogens is 1. The minimum Gasteiger partial charge on any atom is -0.384 e. The van der Waals surface area contributed by atoms with Crippen LogP contribution >= 0.6 is 21.2 Å². The first-order valence-electron chi connectivity index (χ1n) is 11.3. The molecule has 10 heteroatoms. The summed E-state index contributed by atoms with van der Waals surface area (Å²) in [6, 6.07) is 15.6. The van der Waals surface area contributed by atoms with Gasteiger partial charge in [-0.2, -0.15) is 21.2 Å². The van der Waals surface area contributed by atoms with Crippen molar-refractivity contribution in [1.82, 2.24) is 4.98 Å². The molecule has 2 aliphatic heterocycles. The van der Waals surface area contributed by atoms with E-state index in [2.05, 4.69) is 16.3 Å². The van der Waals surface area contributed by atoms with Crippen LogP contribution in [0.3, 0.4) is 0 Å². The molecule has 0 radical (unpaired) electrons. The summed E-state index contributed by atoms with van der Waals surface area (Å²) in [7, 11) is -5.37. The third kappa shape index (κ3) is 4.47. The zero-order valence-corrected chi connectivity index (χ0v) is 20.8. The van der Waals surface area contributed by atoms with Crippen LogP contribution in [0.1, 0.15) is 11.1 Å². The van der Waals surface area contributed by atoms with Gasteiger partial charge in [0.05, 0.1) is 16.2 Å². The average Bonchev–Trinajstić information content (AvgIpc) is 2.92. The van der Waals surface area contributed by atoms with Crippen molar-refractivity contribution in [1.29, 1.82) is 0 Å². The minimum atomic E-state index is -2.86. The van der Waals surface area contributed by atoms with E-state index in [1.165, 1.54) is 0 Å². The second-order valence-corrected chi connectivity index (χ2v) is 14.0. The van der Waals surface area contributed by atoms with E-state index in [1.807, 2.05) is 43.3 Å². The van der Waals surface area contributed by atoms with Crippen LogP contribution in [0.4, 0.5) is 11.5 Å². The van der Waals surface area contributed by atoms with Gasteiger partial charge in [0.2, 0.25) is 0 Å². The van der Waals surface area contributed by atoms with Gasteiger partial charge in [0.25, 0.3) is 0 Å². The number of hydrogen-bond acceptors (Lipinski definition) is 8. The molecule has 3 aromatic rings. The van der Waals surface area contributed by atoms with Gasteiger partial charge in [0.15, 0.2) is 0 Å². The summed E-state index contributed by atoms with van der Waals surface area (Å²) in [6.45, 7) is 3.95. The summed E-state index contributed by atoms with van der Waals surface area (Å²) in [5.41, 5.74) is 9.43. The molecular formula is C24H32N4O4S2.